The van der Waals surface area contributed by atoms with Gasteiger partial charge in [0.1, 0.15) is 4.90 Å². The quantitative estimate of drug-likeness (QED) is 0.728. The van der Waals surface area contributed by atoms with E-state index in [2.05, 4.69) is 10.6 Å². The molecule has 0 aliphatic carbocycles. The number of benzene rings is 1. The summed E-state index contributed by atoms with van der Waals surface area (Å²) in [7, 11) is -3.77. The van der Waals surface area contributed by atoms with Crippen molar-refractivity contribution in [1.82, 2.24) is 5.32 Å². The van der Waals surface area contributed by atoms with Gasteiger partial charge >= 0.3 is 0 Å². The molecule has 0 heterocycles. The molecule has 0 aliphatic heterocycles. The number of nitrogens with two attached hydrogens (primary N) is 1. The van der Waals surface area contributed by atoms with Gasteiger partial charge < -0.3 is 10.6 Å². The maximum Gasteiger partial charge on any atom is 0.240 e. The molecule has 0 saturated heterocycles. The summed E-state index contributed by atoms with van der Waals surface area (Å²) in [6.45, 7) is 4.60. The summed E-state index contributed by atoms with van der Waals surface area (Å²) < 4.78 is 22.9. The SMILES string of the molecule is CCCNC(=S)Nc1cc(C)ccc1S(N)(=O)=O. The van der Waals surface area contributed by atoms with Crippen molar-refractivity contribution < 1.29 is 8.42 Å². The number of nitrogens with one attached hydrogen (secondary N) is 2. The molecular weight excluding hydrogens is 270 g/mol. The number of hydrogen-bond acceptors (Lipinski definition) is 3. The Kier molecular flexibility index (Phi) is 5.06. The lowest BCUT2D eigenvalue weighted by molar-refractivity contribution is 0.598. The topological polar surface area (TPSA) is 84.2 Å². The Balaban J connectivity index is 3.00. The largest absolute Gasteiger partial charge is 0.362 e. The summed E-state index contributed by atoms with van der Waals surface area (Å²) in [5.41, 5.74) is 1.31. The number of rotatable bonds is 4. The van der Waals surface area contributed by atoms with Crippen LogP contribution in [0.3, 0.4) is 0 Å². The van der Waals surface area contributed by atoms with E-state index in [9.17, 15) is 8.42 Å². The van der Waals surface area contributed by atoms with Gasteiger partial charge in [0, 0.05) is 6.54 Å². The van der Waals surface area contributed by atoms with Gasteiger partial charge in [-0.05, 0) is 43.3 Å². The van der Waals surface area contributed by atoms with Crippen LogP contribution in [0.1, 0.15) is 18.9 Å². The van der Waals surface area contributed by atoms with Gasteiger partial charge in [-0.25, -0.2) is 13.6 Å². The molecule has 1 aromatic carbocycles. The summed E-state index contributed by atoms with van der Waals surface area (Å²) >= 11 is 5.07. The van der Waals surface area contributed by atoms with Gasteiger partial charge in [0.15, 0.2) is 5.11 Å². The number of hydrogen-bond donors (Lipinski definition) is 3. The molecular formula is C11H17N3O2S2. The number of sulfonamides is 1. The fourth-order valence-corrected chi connectivity index (χ4v) is 2.28. The third-order valence-electron chi connectivity index (χ3n) is 2.23. The molecule has 0 fully saturated rings. The lowest BCUT2D eigenvalue weighted by Crippen LogP contribution is -2.30. The van der Waals surface area contributed by atoms with Crippen LogP contribution in [0.4, 0.5) is 5.69 Å². The van der Waals surface area contributed by atoms with E-state index in [-0.39, 0.29) is 4.90 Å². The van der Waals surface area contributed by atoms with Gasteiger partial charge in [0.2, 0.25) is 10.0 Å². The number of thiocarbonyl (C=S) groups is 1. The van der Waals surface area contributed by atoms with Crippen molar-refractivity contribution in [3.05, 3.63) is 23.8 Å². The first-order valence-corrected chi connectivity index (χ1v) is 7.48. The van der Waals surface area contributed by atoms with Crippen LogP contribution in [0.15, 0.2) is 23.1 Å². The highest BCUT2D eigenvalue weighted by atomic mass is 32.2. The monoisotopic (exact) mass is 287 g/mol. The molecule has 18 heavy (non-hydrogen) atoms. The Hall–Kier alpha value is -1.18. The first kappa shape index (κ1) is 14.9. The first-order chi connectivity index (χ1) is 8.34. The molecule has 0 atom stereocenters. The zero-order valence-corrected chi connectivity index (χ0v) is 12.0. The van der Waals surface area contributed by atoms with Crippen molar-refractivity contribution in [3.63, 3.8) is 0 Å². The number of aryl methyl sites for hydroxylation is 1. The van der Waals surface area contributed by atoms with E-state index < -0.39 is 10.0 Å². The zero-order valence-electron chi connectivity index (χ0n) is 10.4. The minimum atomic E-state index is -3.77. The number of primary sulfonamides is 1. The van der Waals surface area contributed by atoms with Crippen LogP contribution < -0.4 is 15.8 Å². The second kappa shape index (κ2) is 6.12. The Morgan fingerprint density at radius 1 is 1.44 bits per heavy atom. The van der Waals surface area contributed by atoms with Crippen molar-refractivity contribution in [2.45, 2.75) is 25.2 Å². The van der Waals surface area contributed by atoms with Crippen LogP contribution in [0.2, 0.25) is 0 Å². The van der Waals surface area contributed by atoms with Gasteiger partial charge in [0.05, 0.1) is 5.69 Å². The fraction of sp³-hybridized carbons (Fsp3) is 0.364. The fourth-order valence-electron chi connectivity index (χ4n) is 1.39. The summed E-state index contributed by atoms with van der Waals surface area (Å²) in [6, 6.07) is 4.85. The molecule has 1 rings (SSSR count). The van der Waals surface area contributed by atoms with Crippen molar-refractivity contribution >= 4 is 33.0 Å². The van der Waals surface area contributed by atoms with Crippen molar-refractivity contribution in [1.29, 1.82) is 0 Å². The Morgan fingerprint density at radius 2 is 2.11 bits per heavy atom. The first-order valence-electron chi connectivity index (χ1n) is 5.53. The van der Waals surface area contributed by atoms with E-state index in [0.29, 0.717) is 10.8 Å². The van der Waals surface area contributed by atoms with Gasteiger partial charge in [0.25, 0.3) is 0 Å². The minimum Gasteiger partial charge on any atom is -0.362 e. The molecule has 100 valence electrons. The molecule has 0 bridgehead atoms. The molecule has 0 aliphatic rings. The molecule has 1 aromatic rings. The number of anilines is 1. The van der Waals surface area contributed by atoms with Gasteiger partial charge in [-0.15, -0.1) is 0 Å². The maximum atomic E-state index is 11.4. The Morgan fingerprint density at radius 3 is 2.67 bits per heavy atom. The maximum absolute atomic E-state index is 11.4. The second-order valence-corrected chi connectivity index (χ2v) is 5.86. The van der Waals surface area contributed by atoms with E-state index >= 15 is 0 Å². The van der Waals surface area contributed by atoms with E-state index in [0.717, 1.165) is 18.5 Å². The molecule has 0 unspecified atom stereocenters. The van der Waals surface area contributed by atoms with E-state index in [1.807, 2.05) is 13.8 Å². The zero-order chi connectivity index (χ0) is 13.8. The lowest BCUT2D eigenvalue weighted by atomic mass is 10.2. The van der Waals surface area contributed by atoms with Crippen molar-refractivity contribution in [2.75, 3.05) is 11.9 Å². The standard InChI is InChI=1S/C11H17N3O2S2/c1-3-6-13-11(17)14-9-7-8(2)4-5-10(9)18(12,15)16/h4-5,7H,3,6H2,1-2H3,(H2,12,15,16)(H2,13,14,17). The van der Waals surface area contributed by atoms with Gasteiger partial charge in [-0.3, -0.25) is 0 Å². The minimum absolute atomic E-state index is 0.0359. The van der Waals surface area contributed by atoms with Crippen molar-refractivity contribution in [2.24, 2.45) is 5.14 Å². The molecule has 0 aromatic heterocycles. The van der Waals surface area contributed by atoms with E-state index in [4.69, 9.17) is 17.4 Å². The van der Waals surface area contributed by atoms with Crippen LogP contribution in [-0.4, -0.2) is 20.1 Å². The predicted molar refractivity (Wildman–Crippen MR) is 77.1 cm³/mol. The second-order valence-electron chi connectivity index (χ2n) is 3.93. The third kappa shape index (κ3) is 4.25. The van der Waals surface area contributed by atoms with Crippen LogP contribution in [0.5, 0.6) is 0 Å². The Labute approximate surface area is 113 Å². The molecule has 4 N–H and O–H groups in total. The average molecular weight is 287 g/mol. The highest BCUT2D eigenvalue weighted by Crippen LogP contribution is 2.21. The summed E-state index contributed by atoms with van der Waals surface area (Å²) in [5, 5.41) is 11.4. The molecule has 0 radical (unpaired) electrons. The molecule has 0 amide bonds. The van der Waals surface area contributed by atoms with Gasteiger partial charge in [-0.1, -0.05) is 13.0 Å². The summed E-state index contributed by atoms with van der Waals surface area (Å²) in [5.74, 6) is 0. The van der Waals surface area contributed by atoms with E-state index in [1.165, 1.54) is 6.07 Å². The highest BCUT2D eigenvalue weighted by Gasteiger charge is 2.14. The smallest absolute Gasteiger partial charge is 0.240 e. The summed E-state index contributed by atoms with van der Waals surface area (Å²) in [4.78, 5) is 0.0359. The Bertz CT molecular complexity index is 541. The molecule has 0 spiro atoms. The molecule has 7 heteroatoms. The van der Waals surface area contributed by atoms with Crippen LogP contribution >= 0.6 is 12.2 Å². The third-order valence-corrected chi connectivity index (χ3v) is 3.44. The normalized spacial score (nSPS) is 11.1. The van der Waals surface area contributed by atoms with E-state index in [1.54, 1.807) is 12.1 Å². The average Bonchev–Trinajstić information content (AvgIpc) is 2.24. The molecule has 0 saturated carbocycles. The van der Waals surface area contributed by atoms with Crippen LogP contribution in [0, 0.1) is 6.92 Å². The van der Waals surface area contributed by atoms with Crippen LogP contribution in [0.25, 0.3) is 0 Å². The van der Waals surface area contributed by atoms with Crippen molar-refractivity contribution in [3.8, 4) is 0 Å². The summed E-state index contributed by atoms with van der Waals surface area (Å²) in [6.07, 6.45) is 0.928. The molecule has 5 nitrogen and oxygen atoms in total. The highest BCUT2D eigenvalue weighted by molar-refractivity contribution is 7.89. The lowest BCUT2D eigenvalue weighted by Gasteiger charge is -2.13. The van der Waals surface area contributed by atoms with Gasteiger partial charge in [-0.2, -0.15) is 0 Å². The van der Waals surface area contributed by atoms with Crippen LogP contribution in [-0.2, 0) is 10.0 Å². The predicted octanol–water partition coefficient (Wildman–Crippen LogP) is 1.34.